The van der Waals surface area contributed by atoms with Crippen molar-refractivity contribution in [2.75, 3.05) is 7.11 Å². The molecule has 0 radical (unpaired) electrons. The molecule has 0 spiro atoms. The summed E-state index contributed by atoms with van der Waals surface area (Å²) in [6.45, 7) is 0. The van der Waals surface area contributed by atoms with Crippen LogP contribution in [0.3, 0.4) is 0 Å². The van der Waals surface area contributed by atoms with Crippen LogP contribution in [0.15, 0.2) is 40.9 Å². The fraction of sp³-hybridized carbons (Fsp3) is 0.143. The lowest BCUT2D eigenvalue weighted by Crippen LogP contribution is -2.29. The van der Waals surface area contributed by atoms with Gasteiger partial charge in [0.25, 0.3) is 0 Å². The maximum atomic E-state index is 13.2. The van der Waals surface area contributed by atoms with Crippen molar-refractivity contribution in [3.63, 3.8) is 0 Å². The molecule has 0 aliphatic carbocycles. The number of halogens is 3. The second-order valence-electron chi connectivity index (χ2n) is 4.15. The minimum absolute atomic E-state index is 0.325. The quantitative estimate of drug-likeness (QED) is 0.645. The summed E-state index contributed by atoms with van der Waals surface area (Å²) in [5, 5.41) is 0.569. The zero-order chi connectivity index (χ0) is 14.7. The first kappa shape index (κ1) is 15.3. The number of methoxy groups -OCH3 is 1. The van der Waals surface area contributed by atoms with E-state index in [0.29, 0.717) is 15.2 Å². The lowest BCUT2D eigenvalue weighted by Gasteiger charge is -2.21. The fourth-order valence-electron chi connectivity index (χ4n) is 2.01. The highest BCUT2D eigenvalue weighted by atomic mass is 79.9. The van der Waals surface area contributed by atoms with Crippen LogP contribution in [0, 0.1) is 5.82 Å². The van der Waals surface area contributed by atoms with E-state index in [2.05, 4.69) is 21.4 Å². The van der Waals surface area contributed by atoms with Crippen molar-refractivity contribution >= 4 is 27.5 Å². The normalized spacial score (nSPS) is 12.2. The van der Waals surface area contributed by atoms with Crippen molar-refractivity contribution in [1.29, 1.82) is 0 Å². The van der Waals surface area contributed by atoms with Gasteiger partial charge >= 0.3 is 0 Å². The highest BCUT2D eigenvalue weighted by Crippen LogP contribution is 2.35. The summed E-state index contributed by atoms with van der Waals surface area (Å²) in [6, 6.07) is 9.30. The topological polar surface area (TPSA) is 47.3 Å². The van der Waals surface area contributed by atoms with Crippen molar-refractivity contribution in [2.24, 2.45) is 5.84 Å². The maximum absolute atomic E-state index is 13.2. The van der Waals surface area contributed by atoms with Crippen LogP contribution in [0.5, 0.6) is 5.75 Å². The molecule has 0 bridgehead atoms. The first-order valence-electron chi connectivity index (χ1n) is 5.81. The summed E-state index contributed by atoms with van der Waals surface area (Å²) >= 11 is 9.37. The number of hydrogen-bond acceptors (Lipinski definition) is 3. The average Bonchev–Trinajstić information content (AvgIpc) is 2.42. The molecule has 106 valence electrons. The summed E-state index contributed by atoms with van der Waals surface area (Å²) in [7, 11) is 1.57. The molecule has 2 rings (SSSR count). The van der Waals surface area contributed by atoms with Gasteiger partial charge in [0.15, 0.2) is 0 Å². The molecule has 0 saturated carbocycles. The first-order valence-corrected chi connectivity index (χ1v) is 6.98. The number of hydrazine groups is 1. The Labute approximate surface area is 130 Å². The van der Waals surface area contributed by atoms with E-state index in [-0.39, 0.29) is 11.9 Å². The molecule has 2 aromatic rings. The molecule has 20 heavy (non-hydrogen) atoms. The molecule has 3 N–H and O–H groups in total. The Hall–Kier alpha value is -1.14. The van der Waals surface area contributed by atoms with Crippen molar-refractivity contribution in [1.82, 2.24) is 5.43 Å². The van der Waals surface area contributed by atoms with Crippen molar-refractivity contribution in [3.8, 4) is 5.75 Å². The molecule has 0 fully saturated rings. The smallest absolute Gasteiger partial charge is 0.124 e. The van der Waals surface area contributed by atoms with Gasteiger partial charge in [-0.1, -0.05) is 33.6 Å². The molecule has 0 heterocycles. The molecule has 0 aliphatic rings. The molecule has 0 saturated heterocycles. The van der Waals surface area contributed by atoms with E-state index in [1.165, 1.54) is 12.1 Å². The van der Waals surface area contributed by atoms with E-state index in [9.17, 15) is 4.39 Å². The van der Waals surface area contributed by atoms with Gasteiger partial charge in [0, 0.05) is 15.1 Å². The average molecular weight is 360 g/mol. The molecule has 3 nitrogen and oxygen atoms in total. The molecule has 0 amide bonds. The van der Waals surface area contributed by atoms with Crippen LogP contribution in [0.4, 0.5) is 4.39 Å². The Kier molecular flexibility index (Phi) is 4.99. The molecule has 1 unspecified atom stereocenters. The summed E-state index contributed by atoms with van der Waals surface area (Å²) in [4.78, 5) is 0. The van der Waals surface area contributed by atoms with Crippen molar-refractivity contribution in [3.05, 3.63) is 62.8 Å². The van der Waals surface area contributed by atoms with Gasteiger partial charge in [0.05, 0.1) is 13.2 Å². The number of nitrogens with two attached hydrogens (primary N) is 1. The number of nitrogens with one attached hydrogen (secondary N) is 1. The molecular formula is C14H13BrClFN2O. The van der Waals surface area contributed by atoms with Crippen LogP contribution < -0.4 is 16.0 Å². The van der Waals surface area contributed by atoms with Gasteiger partial charge in [-0.25, -0.2) is 9.82 Å². The number of ether oxygens (including phenoxy) is 1. The van der Waals surface area contributed by atoms with Crippen LogP contribution in [-0.2, 0) is 0 Å². The second kappa shape index (κ2) is 6.54. The Bertz CT molecular complexity index is 624. The third kappa shape index (κ3) is 3.12. The summed E-state index contributed by atoms with van der Waals surface area (Å²) in [5.74, 6) is 5.98. The Balaban J connectivity index is 2.54. The zero-order valence-corrected chi connectivity index (χ0v) is 13.0. The van der Waals surface area contributed by atoms with Gasteiger partial charge in [-0.15, -0.1) is 0 Å². The fourth-order valence-corrected chi connectivity index (χ4v) is 2.77. The lowest BCUT2D eigenvalue weighted by molar-refractivity contribution is 0.404. The van der Waals surface area contributed by atoms with E-state index in [1.54, 1.807) is 31.4 Å². The Morgan fingerprint density at radius 2 is 2.00 bits per heavy atom. The van der Waals surface area contributed by atoms with Gasteiger partial charge < -0.3 is 4.74 Å². The SMILES string of the molecule is COc1ccc(Cl)cc1C(NN)c1ccc(F)cc1Br. The van der Waals surface area contributed by atoms with E-state index in [4.69, 9.17) is 22.2 Å². The molecule has 0 aliphatic heterocycles. The third-order valence-corrected chi connectivity index (χ3v) is 3.86. The molecule has 0 aromatic heterocycles. The van der Waals surface area contributed by atoms with Crippen LogP contribution in [0.1, 0.15) is 17.2 Å². The van der Waals surface area contributed by atoms with Crippen molar-refractivity contribution < 1.29 is 9.13 Å². The van der Waals surface area contributed by atoms with Gasteiger partial charge in [0.1, 0.15) is 11.6 Å². The predicted molar refractivity (Wildman–Crippen MR) is 81.3 cm³/mol. The standard InChI is InChI=1S/C14H13BrClFN2O/c1-20-13-5-2-8(16)6-11(13)14(19-18)10-4-3-9(17)7-12(10)15/h2-7,14,19H,18H2,1H3. The highest BCUT2D eigenvalue weighted by Gasteiger charge is 2.20. The summed E-state index contributed by atoms with van der Waals surface area (Å²) < 4.78 is 19.1. The summed E-state index contributed by atoms with van der Waals surface area (Å²) in [6.07, 6.45) is 0. The first-order chi connectivity index (χ1) is 9.56. The minimum Gasteiger partial charge on any atom is -0.496 e. The van der Waals surface area contributed by atoms with Gasteiger partial charge in [-0.3, -0.25) is 5.84 Å². The third-order valence-electron chi connectivity index (χ3n) is 2.94. The van der Waals surface area contributed by atoms with Crippen LogP contribution in [-0.4, -0.2) is 7.11 Å². The van der Waals surface area contributed by atoms with Gasteiger partial charge in [-0.05, 0) is 35.9 Å². The molecule has 6 heteroatoms. The number of benzene rings is 2. The van der Waals surface area contributed by atoms with Gasteiger partial charge in [0.2, 0.25) is 0 Å². The van der Waals surface area contributed by atoms with E-state index < -0.39 is 0 Å². The predicted octanol–water partition coefficient (Wildman–Crippen LogP) is 3.80. The summed E-state index contributed by atoms with van der Waals surface area (Å²) in [5.41, 5.74) is 4.27. The van der Waals surface area contributed by atoms with Crippen molar-refractivity contribution in [2.45, 2.75) is 6.04 Å². The molecule has 1 atom stereocenters. The monoisotopic (exact) mass is 358 g/mol. The van der Waals surface area contributed by atoms with E-state index >= 15 is 0 Å². The number of hydrogen-bond donors (Lipinski definition) is 2. The van der Waals surface area contributed by atoms with Crippen LogP contribution >= 0.6 is 27.5 Å². The Morgan fingerprint density at radius 1 is 1.25 bits per heavy atom. The molecular weight excluding hydrogens is 347 g/mol. The minimum atomic E-state index is -0.376. The molecule has 2 aromatic carbocycles. The second-order valence-corrected chi connectivity index (χ2v) is 5.44. The lowest BCUT2D eigenvalue weighted by atomic mass is 9.98. The van der Waals surface area contributed by atoms with E-state index in [0.717, 1.165) is 11.1 Å². The largest absolute Gasteiger partial charge is 0.496 e. The number of rotatable bonds is 4. The van der Waals surface area contributed by atoms with Crippen LogP contribution in [0.25, 0.3) is 0 Å². The van der Waals surface area contributed by atoms with E-state index in [1.807, 2.05) is 0 Å². The van der Waals surface area contributed by atoms with Crippen LogP contribution in [0.2, 0.25) is 5.02 Å². The maximum Gasteiger partial charge on any atom is 0.124 e. The van der Waals surface area contributed by atoms with Gasteiger partial charge in [-0.2, -0.15) is 0 Å². The highest BCUT2D eigenvalue weighted by molar-refractivity contribution is 9.10. The zero-order valence-electron chi connectivity index (χ0n) is 10.7. The Morgan fingerprint density at radius 3 is 2.60 bits per heavy atom.